The van der Waals surface area contributed by atoms with Crippen LogP contribution in [0, 0.1) is 6.92 Å². The summed E-state index contributed by atoms with van der Waals surface area (Å²) in [6.45, 7) is 9.84. The van der Waals surface area contributed by atoms with Crippen LogP contribution in [0.2, 0.25) is 0 Å². The summed E-state index contributed by atoms with van der Waals surface area (Å²) in [6, 6.07) is 4.65. The highest BCUT2D eigenvalue weighted by atomic mass is 16.5. The molecule has 2 aliphatic heterocycles. The Kier molecular flexibility index (Phi) is 6.71. The summed E-state index contributed by atoms with van der Waals surface area (Å²) in [5.41, 5.74) is 5.76. The van der Waals surface area contributed by atoms with Crippen molar-refractivity contribution < 1.29 is 9.53 Å². The average Bonchev–Trinajstić information content (AvgIpc) is 3.29. The maximum atomic E-state index is 12.1. The van der Waals surface area contributed by atoms with Crippen molar-refractivity contribution >= 4 is 5.97 Å². The Bertz CT molecular complexity index is 623. The maximum Gasteiger partial charge on any atom is 0.323 e. The Hall–Kier alpha value is -1.39. The van der Waals surface area contributed by atoms with E-state index in [1.807, 2.05) is 0 Å². The Morgan fingerprint density at radius 3 is 2.46 bits per heavy atom. The van der Waals surface area contributed by atoms with E-state index in [4.69, 9.17) is 4.74 Å². The lowest BCUT2D eigenvalue weighted by molar-refractivity contribution is -0.146. The molecule has 1 aromatic carbocycles. The number of ether oxygens (including phenoxy) is 1. The Morgan fingerprint density at radius 2 is 1.81 bits per heavy atom. The van der Waals surface area contributed by atoms with Gasteiger partial charge in [0, 0.05) is 13.1 Å². The summed E-state index contributed by atoms with van der Waals surface area (Å²) in [4.78, 5) is 17.0. The van der Waals surface area contributed by atoms with Gasteiger partial charge < -0.3 is 4.74 Å². The van der Waals surface area contributed by atoms with Gasteiger partial charge in [-0.3, -0.25) is 14.6 Å². The molecule has 0 bridgehead atoms. The van der Waals surface area contributed by atoms with Crippen LogP contribution in [0.1, 0.15) is 61.3 Å². The molecule has 0 aromatic heterocycles. The fourth-order valence-corrected chi connectivity index (χ4v) is 4.64. The summed E-state index contributed by atoms with van der Waals surface area (Å²) in [5, 5.41) is 0. The zero-order valence-corrected chi connectivity index (χ0v) is 16.7. The van der Waals surface area contributed by atoms with E-state index in [1.165, 1.54) is 55.3 Å². The van der Waals surface area contributed by atoms with Crippen LogP contribution in [0.5, 0.6) is 0 Å². The number of hydrogen-bond acceptors (Lipinski definition) is 4. The average molecular weight is 359 g/mol. The molecule has 4 nitrogen and oxygen atoms in total. The van der Waals surface area contributed by atoms with Gasteiger partial charge in [0.2, 0.25) is 0 Å². The highest BCUT2D eigenvalue weighted by Gasteiger charge is 2.32. The lowest BCUT2D eigenvalue weighted by atomic mass is 9.93. The second-order valence-electron chi connectivity index (χ2n) is 7.95. The van der Waals surface area contributed by atoms with Crippen LogP contribution in [-0.2, 0) is 29.0 Å². The molecule has 0 N–H and O–H groups in total. The van der Waals surface area contributed by atoms with Crippen LogP contribution in [0.25, 0.3) is 0 Å². The normalized spacial score (nSPS) is 21.4. The first-order chi connectivity index (χ1) is 12.6. The van der Waals surface area contributed by atoms with Gasteiger partial charge in [0.15, 0.2) is 0 Å². The molecule has 0 amide bonds. The van der Waals surface area contributed by atoms with Crippen LogP contribution < -0.4 is 0 Å². The van der Waals surface area contributed by atoms with Crippen molar-refractivity contribution in [2.45, 2.75) is 71.5 Å². The lowest BCUT2D eigenvalue weighted by Gasteiger charge is -2.26. The number of benzene rings is 1. The topological polar surface area (TPSA) is 32.8 Å². The molecule has 2 heterocycles. The van der Waals surface area contributed by atoms with Crippen molar-refractivity contribution in [3.05, 3.63) is 34.4 Å². The largest absolute Gasteiger partial charge is 0.468 e. The smallest absolute Gasteiger partial charge is 0.323 e. The first kappa shape index (κ1) is 19.4. The van der Waals surface area contributed by atoms with Gasteiger partial charge in [0.25, 0.3) is 0 Å². The number of methoxy groups -OCH3 is 1. The van der Waals surface area contributed by atoms with Gasteiger partial charge in [-0.15, -0.1) is 0 Å². The van der Waals surface area contributed by atoms with Crippen LogP contribution in [0.3, 0.4) is 0 Å². The molecular weight excluding hydrogens is 324 g/mol. The van der Waals surface area contributed by atoms with Crippen LogP contribution >= 0.6 is 0 Å². The van der Waals surface area contributed by atoms with Gasteiger partial charge in [0.1, 0.15) is 6.04 Å². The summed E-state index contributed by atoms with van der Waals surface area (Å²) < 4.78 is 5.03. The first-order valence-corrected chi connectivity index (χ1v) is 10.3. The first-order valence-electron chi connectivity index (χ1n) is 10.3. The molecule has 26 heavy (non-hydrogen) atoms. The van der Waals surface area contributed by atoms with Crippen LogP contribution in [0.15, 0.2) is 12.1 Å². The number of aryl methyl sites for hydroxylation is 1. The molecule has 0 aliphatic carbocycles. The van der Waals surface area contributed by atoms with E-state index in [0.717, 1.165) is 45.3 Å². The van der Waals surface area contributed by atoms with Crippen molar-refractivity contribution in [2.24, 2.45) is 0 Å². The summed E-state index contributed by atoms with van der Waals surface area (Å²) in [6.07, 6.45) is 6.93. The van der Waals surface area contributed by atoms with Gasteiger partial charge >= 0.3 is 5.97 Å². The molecular formula is C22H34N2O2. The summed E-state index contributed by atoms with van der Waals surface area (Å²) in [5.74, 6) is -0.0792. The molecule has 3 rings (SSSR count). The molecule has 1 aromatic rings. The van der Waals surface area contributed by atoms with Gasteiger partial charge in [-0.05, 0) is 75.4 Å². The number of carbonyl (C=O) groups excluding carboxylic acids is 1. The van der Waals surface area contributed by atoms with Crippen molar-refractivity contribution in [3.8, 4) is 0 Å². The van der Waals surface area contributed by atoms with Crippen molar-refractivity contribution in [1.29, 1.82) is 0 Å². The summed E-state index contributed by atoms with van der Waals surface area (Å²) in [7, 11) is 1.50. The number of hydrogen-bond donors (Lipinski definition) is 0. The molecule has 2 fully saturated rings. The maximum absolute atomic E-state index is 12.1. The van der Waals surface area contributed by atoms with Crippen LogP contribution in [0.4, 0.5) is 0 Å². The van der Waals surface area contributed by atoms with Gasteiger partial charge in [-0.2, -0.15) is 0 Å². The van der Waals surface area contributed by atoms with E-state index in [-0.39, 0.29) is 12.0 Å². The minimum Gasteiger partial charge on any atom is -0.468 e. The third kappa shape index (κ3) is 4.47. The zero-order valence-electron chi connectivity index (χ0n) is 16.7. The molecule has 1 atom stereocenters. The second-order valence-corrected chi connectivity index (χ2v) is 7.95. The fourth-order valence-electron chi connectivity index (χ4n) is 4.64. The lowest BCUT2D eigenvalue weighted by Crippen LogP contribution is -2.36. The van der Waals surface area contributed by atoms with E-state index >= 15 is 0 Å². The van der Waals surface area contributed by atoms with Gasteiger partial charge in [-0.1, -0.05) is 31.0 Å². The number of esters is 1. The van der Waals surface area contributed by atoms with E-state index in [9.17, 15) is 4.79 Å². The number of rotatable bonds is 7. The van der Waals surface area contributed by atoms with Crippen molar-refractivity contribution in [2.75, 3.05) is 26.7 Å². The molecule has 4 heteroatoms. The highest BCUT2D eigenvalue weighted by molar-refractivity contribution is 5.76. The Balaban J connectivity index is 1.84. The molecule has 1 unspecified atom stereocenters. The predicted octanol–water partition coefficient (Wildman–Crippen LogP) is 3.68. The molecule has 0 radical (unpaired) electrons. The van der Waals surface area contributed by atoms with Gasteiger partial charge in [-0.25, -0.2) is 0 Å². The van der Waals surface area contributed by atoms with Crippen molar-refractivity contribution in [3.63, 3.8) is 0 Å². The van der Waals surface area contributed by atoms with E-state index in [2.05, 4.69) is 35.8 Å². The number of nitrogens with zero attached hydrogens (tertiary/aromatic N) is 2. The highest BCUT2D eigenvalue weighted by Crippen LogP contribution is 2.27. The number of carbonyl (C=O) groups is 1. The Labute approximate surface area is 158 Å². The molecule has 144 valence electrons. The Morgan fingerprint density at radius 1 is 1.12 bits per heavy atom. The molecule has 0 spiro atoms. The minimum atomic E-state index is -0.0792. The predicted molar refractivity (Wildman–Crippen MR) is 105 cm³/mol. The number of likely N-dealkylation sites (tertiary alicyclic amines) is 2. The minimum absolute atomic E-state index is 0.0722. The summed E-state index contributed by atoms with van der Waals surface area (Å²) >= 11 is 0. The van der Waals surface area contributed by atoms with E-state index in [0.29, 0.717) is 0 Å². The molecule has 2 aliphatic rings. The van der Waals surface area contributed by atoms with E-state index < -0.39 is 0 Å². The quantitative estimate of drug-likeness (QED) is 0.696. The zero-order chi connectivity index (χ0) is 18.5. The second kappa shape index (κ2) is 9.01. The van der Waals surface area contributed by atoms with E-state index in [1.54, 1.807) is 0 Å². The molecule has 0 saturated carbocycles. The fraction of sp³-hybridized carbons (Fsp3) is 0.682. The third-order valence-corrected chi connectivity index (χ3v) is 5.88. The van der Waals surface area contributed by atoms with Crippen LogP contribution in [-0.4, -0.2) is 48.6 Å². The third-order valence-electron chi connectivity index (χ3n) is 5.88. The standard InChI is InChI=1S/C22H34N2O2/c1-4-8-20-18(15-23-10-5-6-11-23)13-17(2)14-19(20)16-24-12-7-9-21(24)22(25)26-3/h13-14,21H,4-12,15-16H2,1-3H3. The molecule has 2 saturated heterocycles. The van der Waals surface area contributed by atoms with Crippen molar-refractivity contribution in [1.82, 2.24) is 9.80 Å². The van der Waals surface area contributed by atoms with Gasteiger partial charge in [0.05, 0.1) is 7.11 Å². The SMILES string of the molecule is CCCc1c(CN2CCCC2)cc(C)cc1CN1CCCC1C(=O)OC. The monoisotopic (exact) mass is 358 g/mol.